The number of hydrogen-bond donors (Lipinski definition) is 3. The molecule has 0 bridgehead atoms. The predicted octanol–water partition coefficient (Wildman–Crippen LogP) is -0.884. The number of nitrogens with zero attached hydrogens (tertiary/aromatic N) is 1. The summed E-state index contributed by atoms with van der Waals surface area (Å²) in [7, 11) is 0. The molecule has 0 aromatic rings. The Kier molecular flexibility index (Phi) is 6.88. The highest BCUT2D eigenvalue weighted by molar-refractivity contribution is 5.78. The molecule has 0 aromatic heterocycles. The lowest BCUT2D eigenvalue weighted by Gasteiger charge is -2.07. The molecule has 5 nitrogen and oxygen atoms in total. The number of unbranched alkanes of at least 4 members (excludes halogenated alkanes) is 2. The van der Waals surface area contributed by atoms with Gasteiger partial charge < -0.3 is 16.2 Å². The summed E-state index contributed by atoms with van der Waals surface area (Å²) in [5, 5.41) is 20.0. The van der Waals surface area contributed by atoms with E-state index < -0.39 is 12.0 Å². The number of nitriles is 1. The van der Waals surface area contributed by atoms with Gasteiger partial charge in [0, 0.05) is 13.0 Å². The van der Waals surface area contributed by atoms with Crippen LogP contribution in [0.2, 0.25) is 0 Å². The predicted molar refractivity (Wildman–Crippen MR) is 47.5 cm³/mol. The minimum absolute atomic E-state index is 0.182. The van der Waals surface area contributed by atoms with Crippen LogP contribution in [0.25, 0.3) is 0 Å². The molecule has 0 spiro atoms. The van der Waals surface area contributed by atoms with Crippen LogP contribution >= 0.6 is 0 Å². The smallest absolute Gasteiger partial charge is 0.247 e. The maximum Gasteiger partial charge on any atom is 0.247 e. The molecule has 0 aromatic carbocycles. The summed E-state index contributed by atoms with van der Waals surface area (Å²) in [6.07, 6.45) is 1.12. The maximum absolute atomic E-state index is 10.4. The molecule has 1 atom stereocenters. The van der Waals surface area contributed by atoms with Gasteiger partial charge in [0.15, 0.2) is 0 Å². The number of aliphatic hydroxyl groups is 1. The van der Waals surface area contributed by atoms with Crippen LogP contribution in [0, 0.1) is 11.3 Å². The molecule has 0 aliphatic heterocycles. The highest BCUT2D eigenvalue weighted by Crippen LogP contribution is 1.91. The van der Waals surface area contributed by atoms with Gasteiger partial charge in [0.05, 0.1) is 6.07 Å². The van der Waals surface area contributed by atoms with Crippen LogP contribution in [-0.2, 0) is 4.79 Å². The Hall–Kier alpha value is -1.12. The average molecular weight is 185 g/mol. The normalized spacial score (nSPS) is 12.0. The van der Waals surface area contributed by atoms with Crippen molar-refractivity contribution in [3.05, 3.63) is 0 Å². The molecule has 0 aliphatic rings. The number of primary amides is 1. The third kappa shape index (κ3) is 7.25. The fourth-order valence-electron chi connectivity index (χ4n) is 0.793. The van der Waals surface area contributed by atoms with Crippen molar-refractivity contribution in [2.24, 2.45) is 5.73 Å². The molecular weight excluding hydrogens is 170 g/mol. The summed E-state index contributed by atoms with van der Waals surface area (Å²) < 4.78 is 0. The van der Waals surface area contributed by atoms with Crippen molar-refractivity contribution in [2.45, 2.75) is 25.4 Å². The van der Waals surface area contributed by atoms with Gasteiger partial charge in [-0.05, 0) is 19.4 Å². The van der Waals surface area contributed by atoms with Crippen LogP contribution in [0.15, 0.2) is 0 Å². The van der Waals surface area contributed by atoms with Gasteiger partial charge in [-0.2, -0.15) is 5.26 Å². The number of hydrogen-bond acceptors (Lipinski definition) is 4. The van der Waals surface area contributed by atoms with Crippen LogP contribution in [0.4, 0.5) is 0 Å². The minimum Gasteiger partial charge on any atom is -0.382 e. The molecule has 13 heavy (non-hydrogen) atoms. The van der Waals surface area contributed by atoms with Crippen molar-refractivity contribution in [2.75, 3.05) is 13.1 Å². The molecule has 0 heterocycles. The topological polar surface area (TPSA) is 99.1 Å². The summed E-state index contributed by atoms with van der Waals surface area (Å²) >= 11 is 0. The lowest BCUT2D eigenvalue weighted by molar-refractivity contribution is -0.125. The molecule has 0 rings (SSSR count). The summed E-state index contributed by atoms with van der Waals surface area (Å²) in [4.78, 5) is 10.4. The molecular formula is C8H15N3O2. The number of nitrogens with two attached hydrogens (primary N) is 1. The van der Waals surface area contributed by atoms with Crippen molar-refractivity contribution in [3.8, 4) is 6.07 Å². The average Bonchev–Trinajstić information content (AvgIpc) is 2.10. The Bertz CT molecular complexity index is 188. The molecule has 0 aliphatic carbocycles. The van der Waals surface area contributed by atoms with Crippen molar-refractivity contribution in [3.63, 3.8) is 0 Å². The molecule has 5 heteroatoms. The Balaban J connectivity index is 3.17. The van der Waals surface area contributed by atoms with Crippen molar-refractivity contribution < 1.29 is 9.90 Å². The van der Waals surface area contributed by atoms with Gasteiger partial charge in [-0.3, -0.25) is 4.79 Å². The van der Waals surface area contributed by atoms with Crippen LogP contribution in [0.3, 0.4) is 0 Å². The zero-order chi connectivity index (χ0) is 10.1. The zero-order valence-corrected chi connectivity index (χ0v) is 7.49. The molecule has 74 valence electrons. The van der Waals surface area contributed by atoms with E-state index in [0.29, 0.717) is 13.0 Å². The molecule has 1 unspecified atom stereocenters. The van der Waals surface area contributed by atoms with Gasteiger partial charge >= 0.3 is 0 Å². The standard InChI is InChI=1S/C8H15N3O2/c9-4-2-1-3-5-11-6-7(12)8(10)13/h7,11-12H,1-3,5-6H2,(H2,10,13). The maximum atomic E-state index is 10.4. The van der Waals surface area contributed by atoms with E-state index in [1.165, 1.54) is 0 Å². The third-order valence-corrected chi connectivity index (χ3v) is 1.56. The van der Waals surface area contributed by atoms with Crippen molar-refractivity contribution >= 4 is 5.91 Å². The Morgan fingerprint density at radius 1 is 1.62 bits per heavy atom. The third-order valence-electron chi connectivity index (χ3n) is 1.56. The van der Waals surface area contributed by atoms with E-state index in [4.69, 9.17) is 16.1 Å². The number of aliphatic hydroxyl groups excluding tert-OH is 1. The number of rotatable bonds is 7. The van der Waals surface area contributed by atoms with E-state index in [-0.39, 0.29) is 6.54 Å². The monoisotopic (exact) mass is 185 g/mol. The van der Waals surface area contributed by atoms with Crippen molar-refractivity contribution in [1.29, 1.82) is 5.26 Å². The fourth-order valence-corrected chi connectivity index (χ4v) is 0.793. The van der Waals surface area contributed by atoms with E-state index in [1.54, 1.807) is 0 Å². The van der Waals surface area contributed by atoms with Crippen LogP contribution < -0.4 is 11.1 Å². The van der Waals surface area contributed by atoms with Crippen LogP contribution in [0.5, 0.6) is 0 Å². The van der Waals surface area contributed by atoms with Gasteiger partial charge in [-0.1, -0.05) is 0 Å². The van der Waals surface area contributed by atoms with Gasteiger partial charge in [-0.25, -0.2) is 0 Å². The molecule has 4 N–H and O–H groups in total. The second-order valence-electron chi connectivity index (χ2n) is 2.74. The first kappa shape index (κ1) is 11.9. The fraction of sp³-hybridized carbons (Fsp3) is 0.750. The van der Waals surface area contributed by atoms with Gasteiger partial charge in [0.25, 0.3) is 0 Å². The summed E-state index contributed by atoms with van der Waals surface area (Å²) in [5.74, 6) is -0.718. The SMILES string of the molecule is N#CCCCCNCC(O)C(N)=O. The Morgan fingerprint density at radius 3 is 2.85 bits per heavy atom. The summed E-state index contributed by atoms with van der Waals surface area (Å²) in [5.41, 5.74) is 4.83. The van der Waals surface area contributed by atoms with E-state index >= 15 is 0 Å². The lowest BCUT2D eigenvalue weighted by Crippen LogP contribution is -2.37. The number of amides is 1. The van der Waals surface area contributed by atoms with Crippen LogP contribution in [-0.4, -0.2) is 30.2 Å². The summed E-state index contributed by atoms with van der Waals surface area (Å²) in [6.45, 7) is 0.869. The number of carbonyl (C=O) groups excluding carboxylic acids is 1. The Morgan fingerprint density at radius 2 is 2.31 bits per heavy atom. The van der Waals surface area contributed by atoms with Gasteiger partial charge in [0.2, 0.25) is 5.91 Å². The van der Waals surface area contributed by atoms with Gasteiger partial charge in [-0.15, -0.1) is 0 Å². The number of carbonyl (C=O) groups is 1. The van der Waals surface area contributed by atoms with Crippen molar-refractivity contribution in [1.82, 2.24) is 5.32 Å². The molecule has 0 saturated carbocycles. The second kappa shape index (κ2) is 7.53. The first-order valence-corrected chi connectivity index (χ1v) is 4.23. The van der Waals surface area contributed by atoms with E-state index in [2.05, 4.69) is 5.32 Å². The highest BCUT2D eigenvalue weighted by Gasteiger charge is 2.08. The molecule has 0 saturated heterocycles. The highest BCUT2D eigenvalue weighted by atomic mass is 16.3. The van der Waals surface area contributed by atoms with Gasteiger partial charge in [0.1, 0.15) is 6.10 Å². The van der Waals surface area contributed by atoms with E-state index in [9.17, 15) is 4.79 Å². The van der Waals surface area contributed by atoms with E-state index in [0.717, 1.165) is 12.8 Å². The van der Waals surface area contributed by atoms with E-state index in [1.807, 2.05) is 6.07 Å². The van der Waals surface area contributed by atoms with Crippen LogP contribution in [0.1, 0.15) is 19.3 Å². The molecule has 0 fully saturated rings. The first-order chi connectivity index (χ1) is 6.18. The minimum atomic E-state index is -1.11. The second-order valence-corrected chi connectivity index (χ2v) is 2.74. The summed E-state index contributed by atoms with van der Waals surface area (Å²) in [6, 6.07) is 2.03. The lowest BCUT2D eigenvalue weighted by atomic mass is 10.2. The largest absolute Gasteiger partial charge is 0.382 e. The number of nitrogens with one attached hydrogen (secondary N) is 1. The molecule has 0 radical (unpaired) electrons. The first-order valence-electron chi connectivity index (χ1n) is 4.23. The Labute approximate surface area is 77.5 Å². The molecule has 1 amide bonds. The quantitative estimate of drug-likeness (QED) is 0.448. The zero-order valence-electron chi connectivity index (χ0n) is 7.49.